The van der Waals surface area contributed by atoms with Crippen molar-refractivity contribution in [3.63, 3.8) is 0 Å². The molecule has 0 aliphatic rings. The Morgan fingerprint density at radius 2 is 1.71 bits per heavy atom. The minimum absolute atomic E-state index is 0.298. The Balaban J connectivity index is 2.04. The van der Waals surface area contributed by atoms with Gasteiger partial charge in [0.05, 0.1) is 0 Å². The van der Waals surface area contributed by atoms with Crippen LogP contribution in [0.1, 0.15) is 49.7 Å². The highest BCUT2D eigenvalue weighted by Gasteiger charge is 2.15. The number of carbonyl (C=O) groups excluding carboxylic acids is 1. The smallest absolute Gasteiger partial charge is 0.335 e. The molecule has 0 saturated heterocycles. The third-order valence-electron chi connectivity index (χ3n) is 4.33. The third kappa shape index (κ3) is 4.72. The molecule has 0 bridgehead atoms. The van der Waals surface area contributed by atoms with Gasteiger partial charge in [-0.05, 0) is 60.1 Å². The predicted octanol–water partition coefficient (Wildman–Crippen LogP) is 5.17. The second-order valence-electron chi connectivity index (χ2n) is 6.03. The van der Waals surface area contributed by atoms with Crippen molar-refractivity contribution in [3.05, 3.63) is 72.3 Å². The largest absolute Gasteiger partial charge is 0.508 e. The zero-order chi connectivity index (χ0) is 17.5. The van der Waals surface area contributed by atoms with Crippen LogP contribution in [0.5, 0.6) is 11.5 Å². The first-order chi connectivity index (χ1) is 11.5. The van der Waals surface area contributed by atoms with Gasteiger partial charge < -0.3 is 9.84 Å². The van der Waals surface area contributed by atoms with E-state index in [1.54, 1.807) is 12.1 Å². The van der Waals surface area contributed by atoms with Crippen molar-refractivity contribution in [2.45, 2.75) is 38.5 Å². The van der Waals surface area contributed by atoms with Gasteiger partial charge in [-0.15, -0.1) is 0 Å². The summed E-state index contributed by atoms with van der Waals surface area (Å²) < 4.78 is 5.10. The predicted molar refractivity (Wildman–Crippen MR) is 96.4 cm³/mol. The van der Waals surface area contributed by atoms with Gasteiger partial charge in [0.25, 0.3) is 0 Å². The SMILES string of the molecule is C=CC(=O)Oc1ccc(C(C)CC(CC)c2ccc(O)cc2)cc1. The molecule has 24 heavy (non-hydrogen) atoms. The highest BCUT2D eigenvalue weighted by molar-refractivity contribution is 5.83. The van der Waals surface area contributed by atoms with E-state index in [9.17, 15) is 9.90 Å². The molecule has 2 aromatic rings. The Kier molecular flexibility index (Phi) is 6.19. The number of ether oxygens (including phenoxy) is 1. The van der Waals surface area contributed by atoms with Crippen LogP contribution < -0.4 is 4.74 Å². The molecule has 0 spiro atoms. The van der Waals surface area contributed by atoms with Crippen LogP contribution in [-0.2, 0) is 4.79 Å². The van der Waals surface area contributed by atoms with E-state index in [0.29, 0.717) is 23.3 Å². The average molecular weight is 324 g/mol. The molecular formula is C21H24O3. The van der Waals surface area contributed by atoms with Crippen LogP contribution in [0, 0.1) is 0 Å². The number of esters is 1. The molecule has 0 aliphatic carbocycles. The van der Waals surface area contributed by atoms with Crippen LogP contribution in [0.3, 0.4) is 0 Å². The van der Waals surface area contributed by atoms with Crippen LogP contribution in [0.2, 0.25) is 0 Å². The first kappa shape index (κ1) is 17.8. The monoisotopic (exact) mass is 324 g/mol. The number of carbonyl (C=O) groups is 1. The third-order valence-corrected chi connectivity index (χ3v) is 4.33. The summed E-state index contributed by atoms with van der Waals surface area (Å²) in [6.45, 7) is 7.77. The van der Waals surface area contributed by atoms with Gasteiger partial charge in [0.1, 0.15) is 11.5 Å². The molecule has 2 unspecified atom stereocenters. The standard InChI is InChI=1S/C21H24O3/c1-4-16(18-6-10-19(22)11-7-18)14-15(3)17-8-12-20(13-9-17)24-21(23)5-2/h5-13,15-16,22H,2,4,14H2,1,3H3. The molecule has 0 radical (unpaired) electrons. The molecule has 0 aliphatic heterocycles. The van der Waals surface area contributed by atoms with Gasteiger partial charge in [-0.2, -0.15) is 0 Å². The van der Waals surface area contributed by atoms with E-state index in [0.717, 1.165) is 18.9 Å². The molecule has 0 amide bonds. The van der Waals surface area contributed by atoms with Gasteiger partial charge in [0.15, 0.2) is 0 Å². The molecule has 1 N–H and O–H groups in total. The summed E-state index contributed by atoms with van der Waals surface area (Å²) in [5.41, 5.74) is 2.46. The van der Waals surface area contributed by atoms with Gasteiger partial charge in [-0.1, -0.05) is 44.7 Å². The van der Waals surface area contributed by atoms with Crippen molar-refractivity contribution in [3.8, 4) is 11.5 Å². The molecule has 2 rings (SSSR count). The second kappa shape index (κ2) is 8.34. The fourth-order valence-corrected chi connectivity index (χ4v) is 2.87. The summed E-state index contributed by atoms with van der Waals surface area (Å²) in [5, 5.41) is 9.44. The molecule has 0 heterocycles. The average Bonchev–Trinajstić information content (AvgIpc) is 2.60. The lowest BCUT2D eigenvalue weighted by Crippen LogP contribution is -2.05. The first-order valence-electron chi connectivity index (χ1n) is 8.26. The molecular weight excluding hydrogens is 300 g/mol. The van der Waals surface area contributed by atoms with E-state index in [1.807, 2.05) is 36.4 Å². The molecule has 2 atom stereocenters. The molecule has 0 saturated carbocycles. The molecule has 0 aromatic heterocycles. The van der Waals surface area contributed by atoms with Gasteiger partial charge >= 0.3 is 5.97 Å². The summed E-state index contributed by atoms with van der Waals surface area (Å²) in [5.74, 6) is 1.20. The summed E-state index contributed by atoms with van der Waals surface area (Å²) in [6.07, 6.45) is 3.22. The number of phenolic OH excluding ortho intramolecular Hbond substituents is 1. The molecule has 0 fully saturated rings. The number of rotatable bonds is 7. The van der Waals surface area contributed by atoms with E-state index in [2.05, 4.69) is 20.4 Å². The normalized spacial score (nSPS) is 13.1. The van der Waals surface area contributed by atoms with E-state index >= 15 is 0 Å². The second-order valence-corrected chi connectivity index (χ2v) is 6.03. The van der Waals surface area contributed by atoms with E-state index in [1.165, 1.54) is 11.1 Å². The van der Waals surface area contributed by atoms with Crippen molar-refractivity contribution in [1.29, 1.82) is 0 Å². The highest BCUT2D eigenvalue weighted by atomic mass is 16.5. The molecule has 3 nitrogen and oxygen atoms in total. The van der Waals surface area contributed by atoms with Crippen molar-refractivity contribution in [2.24, 2.45) is 0 Å². The number of benzene rings is 2. The molecule has 3 heteroatoms. The van der Waals surface area contributed by atoms with Crippen LogP contribution in [0.4, 0.5) is 0 Å². The Hall–Kier alpha value is -2.55. The quantitative estimate of drug-likeness (QED) is 0.434. The number of phenols is 1. The van der Waals surface area contributed by atoms with Crippen LogP contribution in [0.25, 0.3) is 0 Å². The fourth-order valence-electron chi connectivity index (χ4n) is 2.87. The zero-order valence-electron chi connectivity index (χ0n) is 14.2. The summed E-state index contributed by atoms with van der Waals surface area (Å²) >= 11 is 0. The number of hydrogen-bond acceptors (Lipinski definition) is 3. The lowest BCUT2D eigenvalue weighted by Gasteiger charge is -2.21. The highest BCUT2D eigenvalue weighted by Crippen LogP contribution is 2.33. The lowest BCUT2D eigenvalue weighted by atomic mass is 9.84. The fraction of sp³-hybridized carbons (Fsp3) is 0.286. The van der Waals surface area contributed by atoms with Crippen LogP contribution >= 0.6 is 0 Å². The minimum Gasteiger partial charge on any atom is -0.508 e. The van der Waals surface area contributed by atoms with Gasteiger partial charge in [-0.25, -0.2) is 4.79 Å². The van der Waals surface area contributed by atoms with Gasteiger partial charge in [-0.3, -0.25) is 0 Å². The Morgan fingerprint density at radius 3 is 2.25 bits per heavy atom. The topological polar surface area (TPSA) is 46.5 Å². The van der Waals surface area contributed by atoms with E-state index in [4.69, 9.17) is 4.74 Å². The van der Waals surface area contributed by atoms with Crippen molar-refractivity contribution >= 4 is 5.97 Å². The van der Waals surface area contributed by atoms with Gasteiger partial charge in [0.2, 0.25) is 0 Å². The van der Waals surface area contributed by atoms with Gasteiger partial charge in [0, 0.05) is 6.08 Å². The van der Waals surface area contributed by atoms with Crippen LogP contribution in [-0.4, -0.2) is 11.1 Å². The van der Waals surface area contributed by atoms with Crippen LogP contribution in [0.15, 0.2) is 61.2 Å². The number of aromatic hydroxyl groups is 1. The maximum absolute atomic E-state index is 11.2. The first-order valence-corrected chi connectivity index (χ1v) is 8.26. The Morgan fingerprint density at radius 1 is 1.12 bits per heavy atom. The maximum atomic E-state index is 11.2. The molecule has 126 valence electrons. The minimum atomic E-state index is -0.450. The summed E-state index contributed by atoms with van der Waals surface area (Å²) in [4.78, 5) is 11.2. The van der Waals surface area contributed by atoms with Crippen molar-refractivity contribution in [2.75, 3.05) is 0 Å². The summed E-state index contributed by atoms with van der Waals surface area (Å²) in [7, 11) is 0. The maximum Gasteiger partial charge on any atom is 0.335 e. The van der Waals surface area contributed by atoms with Crippen molar-refractivity contribution < 1.29 is 14.6 Å². The van der Waals surface area contributed by atoms with Crippen molar-refractivity contribution in [1.82, 2.24) is 0 Å². The Labute approximate surface area is 143 Å². The molecule has 2 aromatic carbocycles. The number of hydrogen-bond donors (Lipinski definition) is 1. The van der Waals surface area contributed by atoms with E-state index < -0.39 is 5.97 Å². The zero-order valence-corrected chi connectivity index (χ0v) is 14.2. The summed E-state index contributed by atoms with van der Waals surface area (Å²) in [6, 6.07) is 15.1. The lowest BCUT2D eigenvalue weighted by molar-refractivity contribution is -0.128. The van der Waals surface area contributed by atoms with E-state index in [-0.39, 0.29) is 0 Å². The Bertz CT molecular complexity index is 671.